The average molecular weight is 375 g/mol. The van der Waals surface area contributed by atoms with Crippen molar-refractivity contribution in [3.63, 3.8) is 0 Å². The molecule has 2 aliphatic heterocycles. The monoisotopic (exact) mass is 375 g/mol. The van der Waals surface area contributed by atoms with Crippen LogP contribution in [0.25, 0.3) is 0 Å². The first-order chi connectivity index (χ1) is 13.1. The molecule has 1 aromatic rings. The Labute approximate surface area is 160 Å². The fraction of sp³-hybridized carbons (Fsp3) is 0.600. The number of amides is 3. The second-order valence-corrected chi connectivity index (χ2v) is 7.15. The molecule has 2 aliphatic rings. The number of benzene rings is 1. The molecule has 2 unspecified atom stereocenters. The van der Waals surface area contributed by atoms with Crippen molar-refractivity contribution in [2.24, 2.45) is 0 Å². The van der Waals surface area contributed by atoms with E-state index in [-0.39, 0.29) is 18.0 Å². The molecule has 2 atom stereocenters. The zero-order valence-electron chi connectivity index (χ0n) is 16.4. The van der Waals surface area contributed by atoms with Gasteiger partial charge in [-0.1, -0.05) is 6.92 Å². The minimum Gasteiger partial charge on any atom is -0.493 e. The van der Waals surface area contributed by atoms with E-state index in [1.54, 1.807) is 31.3 Å². The molecule has 2 saturated heterocycles. The molecule has 7 nitrogen and oxygen atoms in total. The van der Waals surface area contributed by atoms with Crippen LogP contribution in [0.5, 0.6) is 11.5 Å². The maximum absolute atomic E-state index is 12.7. The molecule has 0 radical (unpaired) electrons. The van der Waals surface area contributed by atoms with Gasteiger partial charge in [0, 0.05) is 37.3 Å². The van der Waals surface area contributed by atoms with Gasteiger partial charge in [-0.3, -0.25) is 4.79 Å². The second-order valence-electron chi connectivity index (χ2n) is 7.15. The number of nitrogens with one attached hydrogen (secondary N) is 1. The predicted octanol–water partition coefficient (Wildman–Crippen LogP) is 2.78. The molecule has 3 rings (SSSR count). The summed E-state index contributed by atoms with van der Waals surface area (Å²) < 4.78 is 10.6. The Hall–Kier alpha value is -2.44. The minimum atomic E-state index is -0.183. The molecule has 0 spiro atoms. The van der Waals surface area contributed by atoms with Crippen LogP contribution < -0.4 is 19.7 Å². The number of ether oxygens (including phenoxy) is 2. The standard InChI is InChI=1S/C20H29N3O4/c1-4-15-7-5-6-10-22(15)20(25)21-14-11-19(24)23(13-14)16-8-9-17(26-2)18(12-16)27-3/h8-9,12,14-15H,4-7,10-11,13H2,1-3H3,(H,21,25). The number of methoxy groups -OCH3 is 2. The number of piperidine rings is 1. The van der Waals surface area contributed by atoms with Gasteiger partial charge < -0.3 is 24.6 Å². The van der Waals surface area contributed by atoms with Crippen LogP contribution in [0.3, 0.4) is 0 Å². The number of likely N-dealkylation sites (tertiary alicyclic amines) is 1. The Morgan fingerprint density at radius 3 is 2.70 bits per heavy atom. The van der Waals surface area contributed by atoms with E-state index in [2.05, 4.69) is 12.2 Å². The van der Waals surface area contributed by atoms with Gasteiger partial charge in [0.1, 0.15) is 0 Å². The fourth-order valence-corrected chi connectivity index (χ4v) is 4.00. The third kappa shape index (κ3) is 4.12. The summed E-state index contributed by atoms with van der Waals surface area (Å²) in [7, 11) is 3.15. The van der Waals surface area contributed by atoms with E-state index in [1.165, 1.54) is 6.42 Å². The van der Waals surface area contributed by atoms with Crippen molar-refractivity contribution in [1.82, 2.24) is 10.2 Å². The molecule has 2 fully saturated rings. The molecule has 2 heterocycles. The second kappa shape index (κ2) is 8.50. The average Bonchev–Trinajstić information content (AvgIpc) is 3.07. The summed E-state index contributed by atoms with van der Waals surface area (Å²) in [5, 5.41) is 3.06. The molecule has 1 N–H and O–H groups in total. The van der Waals surface area contributed by atoms with Crippen molar-refractivity contribution in [1.29, 1.82) is 0 Å². The van der Waals surface area contributed by atoms with E-state index < -0.39 is 0 Å². The van der Waals surface area contributed by atoms with Gasteiger partial charge in [0.05, 0.1) is 20.3 Å². The first-order valence-corrected chi connectivity index (χ1v) is 9.66. The first-order valence-electron chi connectivity index (χ1n) is 9.66. The first kappa shape index (κ1) is 19.3. The van der Waals surface area contributed by atoms with Gasteiger partial charge in [-0.15, -0.1) is 0 Å². The molecule has 3 amide bonds. The van der Waals surface area contributed by atoms with Crippen molar-refractivity contribution >= 4 is 17.6 Å². The maximum atomic E-state index is 12.7. The van der Waals surface area contributed by atoms with Gasteiger partial charge in [0.2, 0.25) is 5.91 Å². The lowest BCUT2D eigenvalue weighted by Crippen LogP contribution is -2.51. The van der Waals surface area contributed by atoms with Gasteiger partial charge in [0.15, 0.2) is 11.5 Å². The molecular formula is C20H29N3O4. The van der Waals surface area contributed by atoms with Crippen LogP contribution in [0.2, 0.25) is 0 Å². The summed E-state index contributed by atoms with van der Waals surface area (Å²) in [5.41, 5.74) is 0.749. The van der Waals surface area contributed by atoms with Crippen LogP contribution in [0.15, 0.2) is 18.2 Å². The van der Waals surface area contributed by atoms with Crippen LogP contribution in [0.1, 0.15) is 39.0 Å². The lowest BCUT2D eigenvalue weighted by atomic mass is 10.0. The van der Waals surface area contributed by atoms with Crippen LogP contribution in [0, 0.1) is 0 Å². The molecular weight excluding hydrogens is 346 g/mol. The number of urea groups is 1. The van der Waals surface area contributed by atoms with Gasteiger partial charge in [0.25, 0.3) is 0 Å². The van der Waals surface area contributed by atoms with E-state index >= 15 is 0 Å². The highest BCUT2D eigenvalue weighted by atomic mass is 16.5. The fourth-order valence-electron chi connectivity index (χ4n) is 4.00. The summed E-state index contributed by atoms with van der Waals surface area (Å²) in [6.07, 6.45) is 4.56. The van der Waals surface area contributed by atoms with Crippen LogP contribution in [-0.4, -0.2) is 56.2 Å². The van der Waals surface area contributed by atoms with E-state index in [0.29, 0.717) is 30.5 Å². The van der Waals surface area contributed by atoms with E-state index in [4.69, 9.17) is 9.47 Å². The summed E-state index contributed by atoms with van der Waals surface area (Å²) in [5.74, 6) is 1.20. The van der Waals surface area contributed by atoms with Crippen molar-refractivity contribution in [2.75, 3.05) is 32.2 Å². The van der Waals surface area contributed by atoms with E-state index in [0.717, 1.165) is 31.5 Å². The smallest absolute Gasteiger partial charge is 0.317 e. The molecule has 0 aromatic heterocycles. The van der Waals surface area contributed by atoms with Gasteiger partial charge in [-0.2, -0.15) is 0 Å². The zero-order chi connectivity index (χ0) is 19.4. The SMILES string of the molecule is CCC1CCCCN1C(=O)NC1CC(=O)N(c2ccc(OC)c(OC)c2)C1. The van der Waals surface area contributed by atoms with Crippen molar-refractivity contribution < 1.29 is 19.1 Å². The summed E-state index contributed by atoms with van der Waals surface area (Å²) >= 11 is 0. The Balaban J connectivity index is 1.66. The number of carbonyl (C=O) groups is 2. The Morgan fingerprint density at radius 2 is 2.00 bits per heavy atom. The number of rotatable bonds is 5. The van der Waals surface area contributed by atoms with E-state index in [9.17, 15) is 9.59 Å². The molecule has 1 aromatic carbocycles. The third-order valence-corrected chi connectivity index (χ3v) is 5.49. The highest BCUT2D eigenvalue weighted by molar-refractivity contribution is 5.97. The summed E-state index contributed by atoms with van der Waals surface area (Å²) in [6.45, 7) is 3.38. The van der Waals surface area contributed by atoms with Gasteiger partial charge in [-0.05, 0) is 37.8 Å². The normalized spacial score (nSPS) is 22.7. The molecule has 0 aliphatic carbocycles. The number of anilines is 1. The van der Waals surface area contributed by atoms with E-state index in [1.807, 2.05) is 11.0 Å². The number of carbonyl (C=O) groups excluding carboxylic acids is 2. The Kier molecular flexibility index (Phi) is 6.08. The summed E-state index contributed by atoms with van der Waals surface area (Å²) in [6, 6.07) is 5.48. The summed E-state index contributed by atoms with van der Waals surface area (Å²) in [4.78, 5) is 28.8. The zero-order valence-corrected chi connectivity index (χ0v) is 16.4. The highest BCUT2D eigenvalue weighted by Crippen LogP contribution is 2.33. The molecule has 27 heavy (non-hydrogen) atoms. The predicted molar refractivity (Wildman–Crippen MR) is 103 cm³/mol. The molecule has 7 heteroatoms. The number of nitrogens with zero attached hydrogens (tertiary/aromatic N) is 2. The van der Waals surface area contributed by atoms with Crippen molar-refractivity contribution in [2.45, 2.75) is 51.1 Å². The van der Waals surface area contributed by atoms with Crippen molar-refractivity contribution in [3.05, 3.63) is 18.2 Å². The van der Waals surface area contributed by atoms with Crippen LogP contribution >= 0.6 is 0 Å². The number of hydrogen-bond acceptors (Lipinski definition) is 4. The number of hydrogen-bond donors (Lipinski definition) is 1. The van der Waals surface area contributed by atoms with Crippen molar-refractivity contribution in [3.8, 4) is 11.5 Å². The largest absolute Gasteiger partial charge is 0.493 e. The van der Waals surface area contributed by atoms with Crippen LogP contribution in [-0.2, 0) is 4.79 Å². The third-order valence-electron chi connectivity index (χ3n) is 5.49. The lowest BCUT2D eigenvalue weighted by Gasteiger charge is -2.35. The Morgan fingerprint density at radius 1 is 1.22 bits per heavy atom. The quantitative estimate of drug-likeness (QED) is 0.859. The molecule has 0 bridgehead atoms. The lowest BCUT2D eigenvalue weighted by molar-refractivity contribution is -0.117. The molecule has 148 valence electrons. The topological polar surface area (TPSA) is 71.1 Å². The highest BCUT2D eigenvalue weighted by Gasteiger charge is 2.34. The van der Waals surface area contributed by atoms with Gasteiger partial charge >= 0.3 is 6.03 Å². The molecule has 0 saturated carbocycles. The Bertz CT molecular complexity index is 694. The minimum absolute atomic E-state index is 0.00166. The maximum Gasteiger partial charge on any atom is 0.317 e. The van der Waals surface area contributed by atoms with Crippen LogP contribution in [0.4, 0.5) is 10.5 Å². The van der Waals surface area contributed by atoms with Gasteiger partial charge in [-0.25, -0.2) is 4.79 Å².